The van der Waals surface area contributed by atoms with Gasteiger partial charge in [0.05, 0.1) is 6.20 Å². The molecule has 1 aliphatic rings. The van der Waals surface area contributed by atoms with Crippen LogP contribution in [0.2, 0.25) is 0 Å². The first-order valence-electron chi connectivity index (χ1n) is 6.79. The lowest BCUT2D eigenvalue weighted by atomic mass is 9.87. The summed E-state index contributed by atoms with van der Waals surface area (Å²) in [5, 5.41) is 7.09. The van der Waals surface area contributed by atoms with Gasteiger partial charge in [0.15, 0.2) is 11.6 Å². The molecule has 6 heteroatoms. The molecule has 4 nitrogen and oxygen atoms in total. The van der Waals surface area contributed by atoms with Gasteiger partial charge in [0.25, 0.3) is 0 Å². The number of halogens is 2. The number of fused-ring (bicyclic) bond motifs is 1. The van der Waals surface area contributed by atoms with Crippen LogP contribution in [-0.2, 0) is 4.79 Å². The van der Waals surface area contributed by atoms with E-state index in [1.165, 1.54) is 6.07 Å². The molecule has 1 atom stereocenters. The molecule has 0 saturated carbocycles. The van der Waals surface area contributed by atoms with Gasteiger partial charge in [0.1, 0.15) is 5.82 Å². The summed E-state index contributed by atoms with van der Waals surface area (Å²) in [7, 11) is 0. The van der Waals surface area contributed by atoms with Gasteiger partial charge in [-0.3, -0.25) is 4.79 Å². The van der Waals surface area contributed by atoms with Gasteiger partial charge in [0.2, 0.25) is 5.91 Å². The molecule has 1 N–H and O–H groups in total. The molecular weight excluding hydrogens is 276 g/mol. The first kappa shape index (κ1) is 13.7. The van der Waals surface area contributed by atoms with Gasteiger partial charge in [-0.1, -0.05) is 6.07 Å². The van der Waals surface area contributed by atoms with Gasteiger partial charge in [-0.2, -0.15) is 5.10 Å². The fourth-order valence-corrected chi connectivity index (χ4v) is 2.66. The van der Waals surface area contributed by atoms with E-state index in [0.717, 1.165) is 17.7 Å². The van der Waals surface area contributed by atoms with Crippen LogP contribution in [0.3, 0.4) is 0 Å². The fraction of sp³-hybridized carbons (Fsp3) is 0.333. The molecule has 0 spiro atoms. The maximum atomic E-state index is 13.4. The largest absolute Gasteiger partial charge is 0.311 e. The van der Waals surface area contributed by atoms with E-state index in [0.29, 0.717) is 11.4 Å². The van der Waals surface area contributed by atoms with Crippen molar-refractivity contribution in [2.45, 2.75) is 32.2 Å². The first-order valence-corrected chi connectivity index (χ1v) is 6.79. The molecule has 1 unspecified atom stereocenters. The number of amides is 1. The van der Waals surface area contributed by atoms with Crippen LogP contribution < -0.4 is 5.32 Å². The second kappa shape index (κ2) is 4.95. The summed E-state index contributed by atoms with van der Waals surface area (Å²) in [6, 6.07) is 3.84. The number of hydrogen-bond donors (Lipinski definition) is 1. The summed E-state index contributed by atoms with van der Waals surface area (Å²) in [6.45, 7) is 3.92. The third-order valence-electron chi connectivity index (χ3n) is 3.68. The molecule has 0 fully saturated rings. The predicted molar refractivity (Wildman–Crippen MR) is 74.1 cm³/mol. The Bertz CT molecular complexity index is 709. The Kier molecular flexibility index (Phi) is 3.23. The number of nitrogens with zero attached hydrogens (tertiary/aromatic N) is 2. The van der Waals surface area contributed by atoms with Crippen LogP contribution in [0.25, 0.3) is 0 Å². The standard InChI is InChI=1S/C15H15F2N3O/c1-8(2)20-15-11(7-18-20)10(6-14(21)19-15)9-3-4-12(16)13(17)5-9/h3-5,7-8,10H,6H2,1-2H3,(H,19,21). The van der Waals surface area contributed by atoms with Crippen LogP contribution in [0.1, 0.15) is 43.4 Å². The minimum absolute atomic E-state index is 0.0951. The number of nitrogens with one attached hydrogen (secondary N) is 1. The quantitative estimate of drug-likeness (QED) is 0.923. The molecular formula is C15H15F2N3O. The van der Waals surface area contributed by atoms with E-state index in [1.807, 2.05) is 13.8 Å². The third kappa shape index (κ3) is 2.30. The maximum absolute atomic E-state index is 13.4. The minimum Gasteiger partial charge on any atom is -0.311 e. The zero-order valence-electron chi connectivity index (χ0n) is 11.7. The summed E-state index contributed by atoms with van der Waals surface area (Å²) < 4.78 is 28.2. The van der Waals surface area contributed by atoms with Crippen molar-refractivity contribution in [2.24, 2.45) is 0 Å². The van der Waals surface area contributed by atoms with Crippen molar-refractivity contribution < 1.29 is 13.6 Å². The van der Waals surface area contributed by atoms with E-state index in [1.54, 1.807) is 10.9 Å². The highest BCUT2D eigenvalue weighted by atomic mass is 19.2. The van der Waals surface area contributed by atoms with E-state index in [9.17, 15) is 13.6 Å². The highest BCUT2D eigenvalue weighted by Crippen LogP contribution is 2.38. The Hall–Kier alpha value is -2.24. The average Bonchev–Trinajstić information content (AvgIpc) is 2.84. The number of hydrogen-bond acceptors (Lipinski definition) is 2. The summed E-state index contributed by atoms with van der Waals surface area (Å²) in [5.74, 6) is -1.62. The lowest BCUT2D eigenvalue weighted by Crippen LogP contribution is -2.25. The van der Waals surface area contributed by atoms with Crippen molar-refractivity contribution in [3.63, 3.8) is 0 Å². The van der Waals surface area contributed by atoms with Crippen molar-refractivity contribution in [2.75, 3.05) is 5.32 Å². The summed E-state index contributed by atoms with van der Waals surface area (Å²) in [5.41, 5.74) is 1.41. The molecule has 0 saturated heterocycles. The monoisotopic (exact) mass is 291 g/mol. The van der Waals surface area contributed by atoms with E-state index in [4.69, 9.17) is 0 Å². The second-order valence-electron chi connectivity index (χ2n) is 5.47. The first-order chi connectivity index (χ1) is 9.97. The highest BCUT2D eigenvalue weighted by molar-refractivity contribution is 5.94. The van der Waals surface area contributed by atoms with Gasteiger partial charge in [0, 0.05) is 23.9 Å². The molecule has 3 rings (SSSR count). The maximum Gasteiger partial charge on any atom is 0.226 e. The van der Waals surface area contributed by atoms with Crippen LogP contribution in [-0.4, -0.2) is 15.7 Å². The van der Waals surface area contributed by atoms with E-state index in [-0.39, 0.29) is 24.3 Å². The molecule has 1 amide bonds. The molecule has 1 aliphatic heterocycles. The molecule has 0 radical (unpaired) electrons. The van der Waals surface area contributed by atoms with Gasteiger partial charge in [-0.05, 0) is 31.5 Å². The van der Waals surface area contributed by atoms with Crippen LogP contribution in [0, 0.1) is 11.6 Å². The number of carbonyl (C=O) groups excluding carboxylic acids is 1. The molecule has 0 aliphatic carbocycles. The molecule has 21 heavy (non-hydrogen) atoms. The van der Waals surface area contributed by atoms with Crippen molar-refractivity contribution in [1.29, 1.82) is 0 Å². The van der Waals surface area contributed by atoms with Gasteiger partial charge in [-0.15, -0.1) is 0 Å². The lowest BCUT2D eigenvalue weighted by molar-refractivity contribution is -0.116. The van der Waals surface area contributed by atoms with Gasteiger partial charge in [-0.25, -0.2) is 13.5 Å². The zero-order valence-corrected chi connectivity index (χ0v) is 11.7. The summed E-state index contributed by atoms with van der Waals surface area (Å²) in [4.78, 5) is 11.9. The Labute approximate surface area is 120 Å². The zero-order chi connectivity index (χ0) is 15.1. The fourth-order valence-electron chi connectivity index (χ4n) is 2.66. The Morgan fingerprint density at radius 2 is 2.10 bits per heavy atom. The topological polar surface area (TPSA) is 46.9 Å². The summed E-state index contributed by atoms with van der Waals surface area (Å²) >= 11 is 0. The van der Waals surface area contributed by atoms with E-state index >= 15 is 0 Å². The average molecular weight is 291 g/mol. The highest BCUT2D eigenvalue weighted by Gasteiger charge is 2.30. The number of anilines is 1. The van der Waals surface area contributed by atoms with E-state index < -0.39 is 11.6 Å². The molecule has 0 bridgehead atoms. The number of rotatable bonds is 2. The lowest BCUT2D eigenvalue weighted by Gasteiger charge is -2.24. The van der Waals surface area contributed by atoms with E-state index in [2.05, 4.69) is 10.4 Å². The molecule has 1 aromatic heterocycles. The number of carbonyl (C=O) groups is 1. The minimum atomic E-state index is -0.906. The number of aromatic nitrogens is 2. The molecule has 1 aromatic carbocycles. The predicted octanol–water partition coefficient (Wildman–Crippen LogP) is 3.22. The van der Waals surface area contributed by atoms with Crippen LogP contribution in [0.4, 0.5) is 14.6 Å². The molecule has 2 heterocycles. The smallest absolute Gasteiger partial charge is 0.226 e. The Morgan fingerprint density at radius 3 is 2.76 bits per heavy atom. The van der Waals surface area contributed by atoms with Crippen molar-refractivity contribution in [1.82, 2.24) is 9.78 Å². The van der Waals surface area contributed by atoms with Crippen LogP contribution >= 0.6 is 0 Å². The molecule has 110 valence electrons. The van der Waals surface area contributed by atoms with Crippen molar-refractivity contribution >= 4 is 11.7 Å². The summed E-state index contributed by atoms with van der Waals surface area (Å²) in [6.07, 6.45) is 1.88. The third-order valence-corrected chi connectivity index (χ3v) is 3.68. The second-order valence-corrected chi connectivity index (χ2v) is 5.47. The molecule has 2 aromatic rings. The number of benzene rings is 1. The van der Waals surface area contributed by atoms with Crippen molar-refractivity contribution in [3.05, 3.63) is 47.2 Å². The van der Waals surface area contributed by atoms with Crippen molar-refractivity contribution in [3.8, 4) is 0 Å². The van der Waals surface area contributed by atoms with Gasteiger partial charge >= 0.3 is 0 Å². The Morgan fingerprint density at radius 1 is 1.33 bits per heavy atom. The van der Waals surface area contributed by atoms with Gasteiger partial charge < -0.3 is 5.32 Å². The van der Waals surface area contributed by atoms with Crippen LogP contribution in [0.5, 0.6) is 0 Å². The normalized spacial score (nSPS) is 17.8. The SMILES string of the molecule is CC(C)n1ncc2c1NC(=O)CC2c1ccc(F)c(F)c1. The Balaban J connectivity index is 2.09. The van der Waals surface area contributed by atoms with Crippen LogP contribution in [0.15, 0.2) is 24.4 Å².